The predicted molar refractivity (Wildman–Crippen MR) is 82.8 cm³/mol. The van der Waals surface area contributed by atoms with Gasteiger partial charge in [0.05, 0.1) is 28.4 Å². The second-order valence-electron chi connectivity index (χ2n) is 4.57. The van der Waals surface area contributed by atoms with Crippen LogP contribution in [0, 0.1) is 0 Å². The average Bonchev–Trinajstić information content (AvgIpc) is 3.17. The fraction of sp³-hybridized carbons (Fsp3) is 0. The molecule has 1 aromatic carbocycles. The van der Waals surface area contributed by atoms with Crippen molar-refractivity contribution in [2.24, 2.45) is 0 Å². The number of hydrogen-bond acceptors (Lipinski definition) is 3. The Morgan fingerprint density at radius 3 is 2.60 bits per heavy atom. The molecule has 0 aliphatic carbocycles. The molecule has 0 N–H and O–H groups in total. The van der Waals surface area contributed by atoms with Crippen LogP contribution in [-0.4, -0.2) is 4.98 Å². The van der Waals surface area contributed by atoms with E-state index >= 15 is 0 Å². The van der Waals surface area contributed by atoms with Gasteiger partial charge in [-0.3, -0.25) is 0 Å². The van der Waals surface area contributed by atoms with Crippen LogP contribution in [0.25, 0.3) is 32.6 Å². The molecule has 0 aliphatic rings. The number of fused-ring (bicyclic) bond motifs is 1. The molecule has 3 heterocycles. The molecular weight excluding hydrogens is 266 g/mol. The Balaban J connectivity index is 1.93. The maximum atomic E-state index is 5.14. The maximum absolute atomic E-state index is 5.14. The second-order valence-corrected chi connectivity index (χ2v) is 5.48. The maximum Gasteiger partial charge on any atom is 0.0996 e. The van der Waals surface area contributed by atoms with E-state index in [4.69, 9.17) is 9.40 Å². The number of rotatable bonds is 2. The molecule has 3 aromatic heterocycles. The SMILES string of the molecule is c1ccc(-c2csc3ccc(-c4ccoc4)nc23)cc1. The molecule has 0 aliphatic heterocycles. The van der Waals surface area contributed by atoms with Gasteiger partial charge in [0.25, 0.3) is 0 Å². The number of hydrogen-bond donors (Lipinski definition) is 0. The number of nitrogens with zero attached hydrogens (tertiary/aromatic N) is 1. The molecule has 0 unspecified atom stereocenters. The first-order valence-corrected chi connectivity index (χ1v) is 7.26. The molecule has 0 radical (unpaired) electrons. The molecule has 0 amide bonds. The van der Waals surface area contributed by atoms with Crippen LogP contribution in [0.5, 0.6) is 0 Å². The molecule has 0 bridgehead atoms. The van der Waals surface area contributed by atoms with Crippen molar-refractivity contribution in [1.29, 1.82) is 0 Å². The van der Waals surface area contributed by atoms with E-state index in [1.165, 1.54) is 15.8 Å². The molecule has 2 nitrogen and oxygen atoms in total. The quantitative estimate of drug-likeness (QED) is 0.502. The Kier molecular flexibility index (Phi) is 2.64. The average molecular weight is 277 g/mol. The lowest BCUT2D eigenvalue weighted by Crippen LogP contribution is -1.83. The summed E-state index contributed by atoms with van der Waals surface area (Å²) in [6, 6.07) is 16.5. The standard InChI is InChI=1S/C17H11NOS/c1-2-4-12(5-3-1)14-11-20-16-7-6-15(18-17(14)16)13-8-9-19-10-13/h1-11H. The lowest BCUT2D eigenvalue weighted by Gasteiger charge is -2.01. The first kappa shape index (κ1) is 11.4. The summed E-state index contributed by atoms with van der Waals surface area (Å²) in [7, 11) is 0. The van der Waals surface area contributed by atoms with Gasteiger partial charge in [-0.2, -0.15) is 0 Å². The molecule has 4 aromatic rings. The Morgan fingerprint density at radius 1 is 0.900 bits per heavy atom. The van der Waals surface area contributed by atoms with Gasteiger partial charge in [-0.15, -0.1) is 11.3 Å². The summed E-state index contributed by atoms with van der Waals surface area (Å²) in [4.78, 5) is 4.80. The van der Waals surface area contributed by atoms with Gasteiger partial charge in [0.15, 0.2) is 0 Å². The van der Waals surface area contributed by atoms with Gasteiger partial charge < -0.3 is 4.42 Å². The Morgan fingerprint density at radius 2 is 1.80 bits per heavy atom. The highest BCUT2D eigenvalue weighted by Gasteiger charge is 2.09. The largest absolute Gasteiger partial charge is 0.472 e. The van der Waals surface area contributed by atoms with Crippen molar-refractivity contribution >= 4 is 21.6 Å². The van der Waals surface area contributed by atoms with Gasteiger partial charge in [-0.1, -0.05) is 30.3 Å². The molecular formula is C17H11NOS. The van der Waals surface area contributed by atoms with Crippen molar-refractivity contribution in [3.8, 4) is 22.4 Å². The zero-order valence-electron chi connectivity index (χ0n) is 10.6. The van der Waals surface area contributed by atoms with E-state index in [0.717, 1.165) is 16.8 Å². The Labute approximate surface area is 120 Å². The second kappa shape index (κ2) is 4.62. The summed E-state index contributed by atoms with van der Waals surface area (Å²) in [6.45, 7) is 0. The number of furan rings is 1. The van der Waals surface area contributed by atoms with E-state index < -0.39 is 0 Å². The summed E-state index contributed by atoms with van der Waals surface area (Å²) in [6.07, 6.45) is 3.40. The molecule has 4 rings (SSSR count). The molecule has 3 heteroatoms. The predicted octanol–water partition coefficient (Wildman–Crippen LogP) is 5.22. The van der Waals surface area contributed by atoms with E-state index in [2.05, 4.69) is 35.7 Å². The fourth-order valence-corrected chi connectivity index (χ4v) is 3.21. The van der Waals surface area contributed by atoms with Crippen molar-refractivity contribution in [1.82, 2.24) is 4.98 Å². The number of aromatic nitrogens is 1. The minimum absolute atomic E-state index is 0.946. The number of thiophene rings is 1. The van der Waals surface area contributed by atoms with Crippen LogP contribution in [0.2, 0.25) is 0 Å². The smallest absolute Gasteiger partial charge is 0.0996 e. The molecule has 0 atom stereocenters. The van der Waals surface area contributed by atoms with Crippen LogP contribution in [0.4, 0.5) is 0 Å². The molecule has 0 saturated carbocycles. The summed E-state index contributed by atoms with van der Waals surface area (Å²) >= 11 is 1.73. The lowest BCUT2D eigenvalue weighted by molar-refractivity contribution is 0.568. The van der Waals surface area contributed by atoms with E-state index in [0.29, 0.717) is 0 Å². The fourth-order valence-electron chi connectivity index (χ4n) is 2.31. The van der Waals surface area contributed by atoms with Gasteiger partial charge >= 0.3 is 0 Å². The summed E-state index contributed by atoms with van der Waals surface area (Å²) in [5, 5.41) is 2.17. The monoisotopic (exact) mass is 277 g/mol. The minimum Gasteiger partial charge on any atom is -0.472 e. The Bertz CT molecular complexity index is 847. The van der Waals surface area contributed by atoms with Crippen LogP contribution in [0.15, 0.2) is 70.9 Å². The normalized spacial score (nSPS) is 11.0. The molecule has 96 valence electrons. The van der Waals surface area contributed by atoms with Gasteiger partial charge in [-0.05, 0) is 23.8 Å². The van der Waals surface area contributed by atoms with Crippen molar-refractivity contribution in [3.63, 3.8) is 0 Å². The first-order chi connectivity index (χ1) is 9.92. The van der Waals surface area contributed by atoms with Crippen molar-refractivity contribution in [2.75, 3.05) is 0 Å². The van der Waals surface area contributed by atoms with Crippen LogP contribution in [0.3, 0.4) is 0 Å². The summed E-state index contributed by atoms with van der Waals surface area (Å²) in [5.41, 5.74) is 5.41. The third-order valence-electron chi connectivity index (χ3n) is 3.32. The van der Waals surface area contributed by atoms with Crippen LogP contribution >= 0.6 is 11.3 Å². The van der Waals surface area contributed by atoms with Crippen molar-refractivity contribution < 1.29 is 4.42 Å². The van der Waals surface area contributed by atoms with Gasteiger partial charge in [0.2, 0.25) is 0 Å². The van der Waals surface area contributed by atoms with E-state index in [1.54, 1.807) is 23.9 Å². The topological polar surface area (TPSA) is 26.0 Å². The van der Waals surface area contributed by atoms with Gasteiger partial charge in [0.1, 0.15) is 0 Å². The zero-order chi connectivity index (χ0) is 13.4. The third-order valence-corrected chi connectivity index (χ3v) is 4.26. The highest BCUT2D eigenvalue weighted by molar-refractivity contribution is 7.17. The lowest BCUT2D eigenvalue weighted by atomic mass is 10.1. The van der Waals surface area contributed by atoms with Crippen molar-refractivity contribution in [3.05, 3.63) is 66.4 Å². The first-order valence-electron chi connectivity index (χ1n) is 6.38. The molecule has 0 spiro atoms. The van der Waals surface area contributed by atoms with Gasteiger partial charge in [0, 0.05) is 16.5 Å². The molecule has 0 fully saturated rings. The Hall–Kier alpha value is -2.39. The van der Waals surface area contributed by atoms with E-state index in [1.807, 2.05) is 18.2 Å². The zero-order valence-corrected chi connectivity index (χ0v) is 11.4. The third kappa shape index (κ3) is 1.84. The van der Waals surface area contributed by atoms with Crippen LogP contribution < -0.4 is 0 Å². The molecule has 20 heavy (non-hydrogen) atoms. The molecule has 0 saturated heterocycles. The summed E-state index contributed by atoms with van der Waals surface area (Å²) < 4.78 is 6.34. The van der Waals surface area contributed by atoms with Gasteiger partial charge in [-0.25, -0.2) is 4.98 Å². The van der Waals surface area contributed by atoms with E-state index in [-0.39, 0.29) is 0 Å². The summed E-state index contributed by atoms with van der Waals surface area (Å²) in [5.74, 6) is 0. The van der Waals surface area contributed by atoms with E-state index in [9.17, 15) is 0 Å². The van der Waals surface area contributed by atoms with Crippen LogP contribution in [-0.2, 0) is 0 Å². The number of benzene rings is 1. The van der Waals surface area contributed by atoms with Crippen molar-refractivity contribution in [2.45, 2.75) is 0 Å². The number of pyridine rings is 1. The highest BCUT2D eigenvalue weighted by atomic mass is 32.1. The van der Waals surface area contributed by atoms with Crippen LogP contribution in [0.1, 0.15) is 0 Å². The minimum atomic E-state index is 0.946. The highest BCUT2D eigenvalue weighted by Crippen LogP contribution is 2.34.